The monoisotopic (exact) mass is 222 g/mol. The highest BCUT2D eigenvalue weighted by Crippen LogP contribution is 1.95. The lowest BCUT2D eigenvalue weighted by molar-refractivity contribution is -0.708. The third kappa shape index (κ3) is 1.40. The van der Waals surface area contributed by atoms with Gasteiger partial charge in [0, 0.05) is 13.5 Å². The van der Waals surface area contributed by atoms with Crippen LogP contribution in [0.3, 0.4) is 0 Å². The van der Waals surface area contributed by atoms with E-state index in [-0.39, 0.29) is 5.52 Å². The van der Waals surface area contributed by atoms with Gasteiger partial charge in [-0.2, -0.15) is 4.98 Å². The van der Waals surface area contributed by atoms with Gasteiger partial charge in [0.15, 0.2) is 5.82 Å². The standard InChI is InChI=1S/C9H11N5O2/c1-4-5-10-6-7(14(3)12-5)11-9(16)13(2)8(6)15/h4H2,1-3H3/p+1. The van der Waals surface area contributed by atoms with Gasteiger partial charge in [-0.15, -0.1) is 4.68 Å². The largest absolute Gasteiger partial charge is 0.416 e. The molecule has 0 atom stereocenters. The summed E-state index contributed by atoms with van der Waals surface area (Å²) < 4.78 is 2.46. The van der Waals surface area contributed by atoms with Crippen LogP contribution < -0.4 is 15.9 Å². The average Bonchev–Trinajstić information content (AvgIpc) is 2.27. The van der Waals surface area contributed by atoms with Crippen molar-refractivity contribution in [2.24, 2.45) is 14.1 Å². The lowest BCUT2D eigenvalue weighted by Crippen LogP contribution is -2.43. The topological polar surface area (TPSA) is 84.5 Å². The van der Waals surface area contributed by atoms with Crippen molar-refractivity contribution in [1.82, 2.24) is 19.6 Å². The number of nitrogens with zero attached hydrogens (tertiary/aromatic N) is 4. The van der Waals surface area contributed by atoms with Crippen molar-refractivity contribution < 1.29 is 4.68 Å². The molecule has 0 unspecified atom stereocenters. The summed E-state index contributed by atoms with van der Waals surface area (Å²) in [5.74, 6) is 0.569. The maximum atomic E-state index is 11.8. The van der Waals surface area contributed by atoms with Crippen molar-refractivity contribution in [2.75, 3.05) is 0 Å². The lowest BCUT2D eigenvalue weighted by Gasteiger charge is -1.99. The molecule has 0 radical (unpaired) electrons. The second kappa shape index (κ2) is 3.51. The molecule has 84 valence electrons. The Morgan fingerprint density at radius 3 is 2.75 bits per heavy atom. The van der Waals surface area contributed by atoms with Crippen LogP contribution in [0.1, 0.15) is 12.7 Å². The van der Waals surface area contributed by atoms with Crippen LogP contribution in [0.25, 0.3) is 11.2 Å². The van der Waals surface area contributed by atoms with Crippen molar-refractivity contribution >= 4 is 11.2 Å². The molecule has 2 heterocycles. The zero-order valence-electron chi connectivity index (χ0n) is 9.31. The summed E-state index contributed by atoms with van der Waals surface area (Å²) in [6.07, 6.45) is 0.631. The highest BCUT2D eigenvalue weighted by Gasteiger charge is 2.16. The minimum Gasteiger partial charge on any atom is -0.266 e. The van der Waals surface area contributed by atoms with Gasteiger partial charge in [0.2, 0.25) is 5.52 Å². The molecule has 0 aliphatic rings. The van der Waals surface area contributed by atoms with E-state index in [4.69, 9.17) is 0 Å². The Balaban J connectivity index is 3.02. The molecule has 7 heteroatoms. The summed E-state index contributed by atoms with van der Waals surface area (Å²) in [5.41, 5.74) is -0.311. The Morgan fingerprint density at radius 1 is 1.44 bits per heavy atom. The van der Waals surface area contributed by atoms with Crippen LogP contribution in [-0.2, 0) is 20.5 Å². The Hall–Kier alpha value is -2.05. The molecular formula is C9H12N5O2+. The number of aromatic amines is 1. The first kappa shape index (κ1) is 10.5. The van der Waals surface area contributed by atoms with Gasteiger partial charge in [0.1, 0.15) is 7.05 Å². The minimum absolute atomic E-state index is 0.233. The summed E-state index contributed by atoms with van der Waals surface area (Å²) >= 11 is 0. The van der Waals surface area contributed by atoms with Crippen LogP contribution in [-0.4, -0.2) is 19.6 Å². The minimum atomic E-state index is -0.471. The van der Waals surface area contributed by atoms with Crippen LogP contribution in [0, 0.1) is 0 Å². The van der Waals surface area contributed by atoms with Gasteiger partial charge in [-0.3, -0.25) is 4.79 Å². The summed E-state index contributed by atoms with van der Waals surface area (Å²) in [6, 6.07) is 0. The van der Waals surface area contributed by atoms with Crippen LogP contribution in [0.2, 0.25) is 0 Å². The molecule has 7 nitrogen and oxygen atoms in total. The number of aromatic nitrogens is 5. The summed E-state index contributed by atoms with van der Waals surface area (Å²) in [5, 5.41) is 4.12. The van der Waals surface area contributed by atoms with E-state index in [2.05, 4.69) is 15.1 Å². The predicted octanol–water partition coefficient (Wildman–Crippen LogP) is -1.60. The molecule has 2 aromatic rings. The normalized spacial score (nSPS) is 10.9. The van der Waals surface area contributed by atoms with Crippen molar-refractivity contribution in [1.29, 1.82) is 0 Å². The first-order valence-electron chi connectivity index (χ1n) is 4.90. The number of nitrogens with one attached hydrogen (secondary N) is 1. The highest BCUT2D eigenvalue weighted by atomic mass is 16.2. The number of aryl methyl sites for hydroxylation is 2. The van der Waals surface area contributed by atoms with Crippen molar-refractivity contribution in [2.45, 2.75) is 13.3 Å². The van der Waals surface area contributed by atoms with Gasteiger partial charge in [0.25, 0.3) is 5.56 Å². The second-order valence-electron chi connectivity index (χ2n) is 3.50. The fraction of sp³-hybridized carbons (Fsp3) is 0.444. The summed E-state index contributed by atoms with van der Waals surface area (Å²) in [6.45, 7) is 1.90. The summed E-state index contributed by atoms with van der Waals surface area (Å²) in [7, 11) is 3.08. The van der Waals surface area contributed by atoms with Gasteiger partial charge >= 0.3 is 11.3 Å². The molecular weight excluding hydrogens is 210 g/mol. The molecule has 0 fully saturated rings. The van der Waals surface area contributed by atoms with E-state index >= 15 is 0 Å². The Bertz CT molecular complexity index is 670. The lowest BCUT2D eigenvalue weighted by atomic mass is 10.4. The third-order valence-electron chi connectivity index (χ3n) is 2.41. The average molecular weight is 222 g/mol. The van der Waals surface area contributed by atoms with Gasteiger partial charge in [0.05, 0.1) is 0 Å². The molecule has 16 heavy (non-hydrogen) atoms. The Kier molecular flexibility index (Phi) is 2.30. The van der Waals surface area contributed by atoms with E-state index in [1.165, 1.54) is 11.7 Å². The molecule has 2 aromatic heterocycles. The number of hydrogen-bond acceptors (Lipinski definition) is 4. The smallest absolute Gasteiger partial charge is 0.266 e. The van der Waals surface area contributed by atoms with Gasteiger partial charge in [-0.1, -0.05) is 12.0 Å². The number of H-pyrrole nitrogens is 1. The Labute approximate surface area is 90.4 Å². The van der Waals surface area contributed by atoms with Crippen LogP contribution in [0.15, 0.2) is 9.59 Å². The fourth-order valence-corrected chi connectivity index (χ4v) is 1.46. The third-order valence-corrected chi connectivity index (χ3v) is 2.41. The van der Waals surface area contributed by atoms with E-state index < -0.39 is 11.2 Å². The van der Waals surface area contributed by atoms with Gasteiger partial charge in [-0.05, 0) is 0 Å². The molecule has 2 rings (SSSR count). The van der Waals surface area contributed by atoms with Gasteiger partial charge in [-0.25, -0.2) is 14.3 Å². The molecule has 0 aliphatic carbocycles. The molecule has 0 aromatic carbocycles. The molecule has 0 amide bonds. The van der Waals surface area contributed by atoms with Crippen LogP contribution in [0.4, 0.5) is 0 Å². The number of fused-ring (bicyclic) bond motifs is 1. The second-order valence-corrected chi connectivity index (χ2v) is 3.50. The molecule has 0 bridgehead atoms. The number of hydrogen-bond donors (Lipinski definition) is 1. The van der Waals surface area contributed by atoms with Crippen molar-refractivity contribution in [3.63, 3.8) is 0 Å². The first-order valence-corrected chi connectivity index (χ1v) is 4.90. The van der Waals surface area contributed by atoms with E-state index in [1.54, 1.807) is 7.05 Å². The zero-order chi connectivity index (χ0) is 11.9. The molecule has 0 saturated carbocycles. The van der Waals surface area contributed by atoms with E-state index in [0.29, 0.717) is 17.9 Å². The molecule has 0 aliphatic heterocycles. The molecule has 1 N–H and O–H groups in total. The maximum Gasteiger partial charge on any atom is 0.416 e. The quantitative estimate of drug-likeness (QED) is 0.589. The molecule has 0 spiro atoms. The Morgan fingerprint density at radius 2 is 2.12 bits per heavy atom. The van der Waals surface area contributed by atoms with E-state index in [1.807, 2.05) is 6.92 Å². The predicted molar refractivity (Wildman–Crippen MR) is 56.0 cm³/mol. The van der Waals surface area contributed by atoms with Crippen LogP contribution in [0.5, 0.6) is 0 Å². The maximum absolute atomic E-state index is 11.8. The number of rotatable bonds is 1. The van der Waals surface area contributed by atoms with Crippen LogP contribution >= 0.6 is 0 Å². The summed E-state index contributed by atoms with van der Waals surface area (Å²) in [4.78, 5) is 29.9. The SMILES string of the molecule is CCc1nc2c(=O)n(C)c(=O)[nH]c2[n+](C)n1. The fourth-order valence-electron chi connectivity index (χ4n) is 1.46. The highest BCUT2D eigenvalue weighted by molar-refractivity contribution is 5.63. The first-order chi connectivity index (χ1) is 7.54. The van der Waals surface area contributed by atoms with Crippen molar-refractivity contribution in [3.05, 3.63) is 26.7 Å². The van der Waals surface area contributed by atoms with E-state index in [9.17, 15) is 9.59 Å². The molecule has 0 saturated heterocycles. The van der Waals surface area contributed by atoms with E-state index in [0.717, 1.165) is 4.57 Å². The zero-order valence-corrected chi connectivity index (χ0v) is 9.31. The van der Waals surface area contributed by atoms with Crippen molar-refractivity contribution in [3.8, 4) is 0 Å². The van der Waals surface area contributed by atoms with Gasteiger partial charge < -0.3 is 0 Å².